The van der Waals surface area contributed by atoms with E-state index in [9.17, 15) is 9.59 Å². The summed E-state index contributed by atoms with van der Waals surface area (Å²) in [5.41, 5.74) is 0. The molecule has 0 aromatic carbocycles. The maximum absolute atomic E-state index is 12.6. The number of hydrogen-bond donors (Lipinski definition) is 1. The molecule has 1 atom stereocenters. The van der Waals surface area contributed by atoms with Gasteiger partial charge >= 0.3 is 12.1 Å². The van der Waals surface area contributed by atoms with Crippen molar-refractivity contribution in [2.45, 2.75) is 18.9 Å². The van der Waals surface area contributed by atoms with Crippen molar-refractivity contribution >= 4 is 23.4 Å². The van der Waals surface area contributed by atoms with Crippen LogP contribution in [0.25, 0.3) is 0 Å². The Morgan fingerprint density at radius 2 is 1.77 bits per heavy atom. The number of thiophene rings is 1. The Morgan fingerprint density at radius 1 is 1.12 bits per heavy atom. The van der Waals surface area contributed by atoms with Gasteiger partial charge in [-0.25, -0.2) is 9.59 Å². The van der Waals surface area contributed by atoms with Crippen molar-refractivity contribution in [1.29, 1.82) is 0 Å². The van der Waals surface area contributed by atoms with E-state index in [0.717, 1.165) is 13.1 Å². The van der Waals surface area contributed by atoms with Gasteiger partial charge in [0.05, 0.1) is 6.04 Å². The summed E-state index contributed by atoms with van der Waals surface area (Å²) in [7, 11) is 3.51. The molecule has 26 heavy (non-hydrogen) atoms. The van der Waals surface area contributed by atoms with Crippen LogP contribution in [0, 0.1) is 0 Å². The highest BCUT2D eigenvalue weighted by atomic mass is 32.1. The Kier molecular flexibility index (Phi) is 6.37. The average molecular weight is 380 g/mol. The van der Waals surface area contributed by atoms with E-state index in [1.54, 1.807) is 35.2 Å². The first kappa shape index (κ1) is 19.0. The van der Waals surface area contributed by atoms with Crippen LogP contribution in [-0.2, 0) is 0 Å². The number of carbonyl (C=O) groups excluding carboxylic acids is 2. The van der Waals surface area contributed by atoms with Crippen molar-refractivity contribution in [3.8, 4) is 0 Å². The number of likely N-dealkylation sites (tertiary alicyclic amines) is 1. The molecule has 0 bridgehead atoms. The van der Waals surface area contributed by atoms with Crippen LogP contribution in [-0.4, -0.2) is 91.6 Å². The van der Waals surface area contributed by atoms with E-state index in [2.05, 4.69) is 27.7 Å². The topological polar surface area (TPSA) is 59.1 Å². The maximum atomic E-state index is 12.6. The first-order chi connectivity index (χ1) is 12.6. The fourth-order valence-electron chi connectivity index (χ4n) is 3.62. The molecule has 4 amide bonds. The number of carbonyl (C=O) groups is 2. The SMILES string of the molecule is CN(C)C(=O)N1CCN(C(=O)NCC(c2cccs2)N2CCCC2)CC1. The van der Waals surface area contributed by atoms with Crippen LogP contribution in [0.1, 0.15) is 23.8 Å². The molecule has 3 heterocycles. The zero-order valence-electron chi connectivity index (χ0n) is 15.7. The van der Waals surface area contributed by atoms with E-state index < -0.39 is 0 Å². The third-order valence-corrected chi connectivity index (χ3v) is 6.09. The largest absolute Gasteiger partial charge is 0.336 e. The molecule has 2 fully saturated rings. The molecule has 2 aliphatic heterocycles. The van der Waals surface area contributed by atoms with Crippen molar-refractivity contribution in [3.63, 3.8) is 0 Å². The summed E-state index contributed by atoms with van der Waals surface area (Å²) in [4.78, 5) is 33.6. The summed E-state index contributed by atoms with van der Waals surface area (Å²) in [6.07, 6.45) is 2.47. The monoisotopic (exact) mass is 379 g/mol. The summed E-state index contributed by atoms with van der Waals surface area (Å²) in [6.45, 7) is 5.18. The lowest BCUT2D eigenvalue weighted by atomic mass is 10.2. The molecular weight excluding hydrogens is 350 g/mol. The van der Waals surface area contributed by atoms with E-state index in [0.29, 0.717) is 32.7 Å². The van der Waals surface area contributed by atoms with Crippen LogP contribution in [0.5, 0.6) is 0 Å². The first-order valence-electron chi connectivity index (χ1n) is 9.32. The molecule has 0 radical (unpaired) electrons. The Morgan fingerprint density at radius 3 is 2.35 bits per heavy atom. The van der Waals surface area contributed by atoms with Gasteiger partial charge in [-0.15, -0.1) is 11.3 Å². The summed E-state index contributed by atoms with van der Waals surface area (Å²) in [6, 6.07) is 4.48. The second kappa shape index (κ2) is 8.73. The molecule has 0 aliphatic carbocycles. The Balaban J connectivity index is 1.50. The number of amides is 4. The van der Waals surface area contributed by atoms with Gasteiger partial charge in [-0.1, -0.05) is 6.07 Å². The van der Waals surface area contributed by atoms with Gasteiger partial charge in [0.15, 0.2) is 0 Å². The zero-order valence-corrected chi connectivity index (χ0v) is 16.5. The Hall–Kier alpha value is -1.80. The van der Waals surface area contributed by atoms with Gasteiger partial charge in [0.25, 0.3) is 0 Å². The third-order valence-electron chi connectivity index (χ3n) is 5.12. The van der Waals surface area contributed by atoms with Gasteiger partial charge in [-0.2, -0.15) is 0 Å². The molecule has 1 aromatic heterocycles. The van der Waals surface area contributed by atoms with Gasteiger partial charge in [0.2, 0.25) is 0 Å². The lowest BCUT2D eigenvalue weighted by molar-refractivity contribution is 0.127. The third kappa shape index (κ3) is 4.48. The van der Waals surface area contributed by atoms with E-state index in [1.165, 1.54) is 17.7 Å². The van der Waals surface area contributed by atoms with Gasteiger partial charge in [-0.05, 0) is 37.4 Å². The molecular formula is C18H29N5O2S. The van der Waals surface area contributed by atoms with Gasteiger partial charge < -0.3 is 20.0 Å². The minimum atomic E-state index is -0.0253. The molecule has 3 rings (SSSR count). The van der Waals surface area contributed by atoms with E-state index >= 15 is 0 Å². The van der Waals surface area contributed by atoms with Crippen molar-refractivity contribution < 1.29 is 9.59 Å². The highest BCUT2D eigenvalue weighted by Crippen LogP contribution is 2.27. The van der Waals surface area contributed by atoms with E-state index in [-0.39, 0.29) is 18.1 Å². The lowest BCUT2D eigenvalue weighted by Gasteiger charge is -2.36. The van der Waals surface area contributed by atoms with Crippen molar-refractivity contribution in [1.82, 2.24) is 24.9 Å². The summed E-state index contributed by atoms with van der Waals surface area (Å²) in [5.74, 6) is 0. The number of hydrogen-bond acceptors (Lipinski definition) is 4. The molecule has 7 nitrogen and oxygen atoms in total. The second-order valence-electron chi connectivity index (χ2n) is 7.11. The lowest BCUT2D eigenvalue weighted by Crippen LogP contribution is -2.55. The predicted octanol–water partition coefficient (Wildman–Crippen LogP) is 1.89. The number of piperazine rings is 1. The normalized spacial score (nSPS) is 19.5. The number of urea groups is 2. The highest BCUT2D eigenvalue weighted by molar-refractivity contribution is 7.10. The second-order valence-corrected chi connectivity index (χ2v) is 8.09. The minimum absolute atomic E-state index is 0.0110. The van der Waals surface area contributed by atoms with Crippen molar-refractivity contribution in [3.05, 3.63) is 22.4 Å². The van der Waals surface area contributed by atoms with Crippen LogP contribution in [0.3, 0.4) is 0 Å². The summed E-state index contributed by atoms with van der Waals surface area (Å²) in [5, 5.41) is 5.22. The Bertz CT molecular complexity index is 593. The van der Waals surface area contributed by atoms with Crippen LogP contribution in [0.2, 0.25) is 0 Å². The quantitative estimate of drug-likeness (QED) is 0.869. The number of nitrogens with one attached hydrogen (secondary N) is 1. The number of nitrogens with zero attached hydrogens (tertiary/aromatic N) is 4. The minimum Gasteiger partial charge on any atom is -0.336 e. The first-order valence-corrected chi connectivity index (χ1v) is 10.2. The predicted molar refractivity (Wildman–Crippen MR) is 103 cm³/mol. The van der Waals surface area contributed by atoms with Gasteiger partial charge in [-0.3, -0.25) is 4.90 Å². The smallest absolute Gasteiger partial charge is 0.319 e. The summed E-state index contributed by atoms with van der Waals surface area (Å²) >= 11 is 1.76. The maximum Gasteiger partial charge on any atom is 0.319 e. The molecule has 0 saturated carbocycles. The van der Waals surface area contributed by atoms with Crippen LogP contribution in [0.4, 0.5) is 9.59 Å². The van der Waals surface area contributed by atoms with Crippen LogP contribution in [0.15, 0.2) is 17.5 Å². The summed E-state index contributed by atoms with van der Waals surface area (Å²) < 4.78 is 0. The molecule has 0 spiro atoms. The molecule has 1 aromatic rings. The van der Waals surface area contributed by atoms with Crippen molar-refractivity contribution in [2.24, 2.45) is 0 Å². The molecule has 1 unspecified atom stereocenters. The molecule has 1 N–H and O–H groups in total. The van der Waals surface area contributed by atoms with Crippen molar-refractivity contribution in [2.75, 3.05) is 59.9 Å². The number of rotatable bonds is 4. The fourth-order valence-corrected chi connectivity index (χ4v) is 4.48. The average Bonchev–Trinajstić information content (AvgIpc) is 3.35. The van der Waals surface area contributed by atoms with Crippen LogP contribution >= 0.6 is 11.3 Å². The Labute approximate surface area is 159 Å². The van der Waals surface area contributed by atoms with Crippen LogP contribution < -0.4 is 5.32 Å². The molecule has 2 aliphatic rings. The highest BCUT2D eigenvalue weighted by Gasteiger charge is 2.27. The molecule has 2 saturated heterocycles. The molecule has 8 heteroatoms. The van der Waals surface area contributed by atoms with Gasteiger partial charge in [0.1, 0.15) is 0 Å². The fraction of sp³-hybridized carbons (Fsp3) is 0.667. The standard InChI is InChI=1S/C18H29N5O2S/c1-20(2)18(25)23-11-9-22(10-12-23)17(24)19-14-15(16-6-5-13-26-16)21-7-3-4-8-21/h5-6,13,15H,3-4,7-12,14H2,1-2H3,(H,19,24). The van der Waals surface area contributed by atoms with Gasteiger partial charge in [0, 0.05) is 51.7 Å². The zero-order chi connectivity index (χ0) is 18.5. The van der Waals surface area contributed by atoms with E-state index in [1.807, 2.05) is 4.90 Å². The molecule has 144 valence electrons. The van der Waals surface area contributed by atoms with E-state index in [4.69, 9.17) is 0 Å².